The molecule has 124 valence electrons. The van der Waals surface area contributed by atoms with Gasteiger partial charge in [-0.3, -0.25) is 4.79 Å². The highest BCUT2D eigenvalue weighted by Gasteiger charge is 2.18. The minimum atomic E-state index is -0.291. The van der Waals surface area contributed by atoms with Crippen LogP contribution >= 0.6 is 11.8 Å². The Balaban J connectivity index is 1.89. The van der Waals surface area contributed by atoms with Gasteiger partial charge in [-0.25, -0.2) is 0 Å². The zero-order valence-electron chi connectivity index (χ0n) is 13.8. The van der Waals surface area contributed by atoms with E-state index in [0.29, 0.717) is 11.1 Å². The Morgan fingerprint density at radius 1 is 1.35 bits per heavy atom. The molecule has 0 bridgehead atoms. The average Bonchev–Trinajstić information content (AvgIpc) is 2.96. The van der Waals surface area contributed by atoms with Gasteiger partial charge in [-0.15, -0.1) is 10.2 Å². The number of aryl methyl sites for hydroxylation is 2. The third kappa shape index (κ3) is 4.80. The molecule has 1 amide bonds. The molecule has 0 aliphatic carbocycles. The fraction of sp³-hybridized carbons (Fsp3) is 0.438. The van der Waals surface area contributed by atoms with Crippen LogP contribution in [0.5, 0.6) is 0 Å². The maximum atomic E-state index is 12.0. The van der Waals surface area contributed by atoms with Gasteiger partial charge in [0.15, 0.2) is 0 Å². The van der Waals surface area contributed by atoms with Crippen LogP contribution in [0.25, 0.3) is 0 Å². The zero-order valence-corrected chi connectivity index (χ0v) is 14.6. The lowest BCUT2D eigenvalue weighted by atomic mass is 10.1. The zero-order chi connectivity index (χ0) is 17.0. The third-order valence-corrected chi connectivity index (χ3v) is 4.23. The monoisotopic (exact) mass is 334 g/mol. The fourth-order valence-corrected chi connectivity index (χ4v) is 2.54. The van der Waals surface area contributed by atoms with Gasteiger partial charge in [-0.1, -0.05) is 43.3 Å². The van der Waals surface area contributed by atoms with Gasteiger partial charge in [-0.05, 0) is 31.4 Å². The highest BCUT2D eigenvalue weighted by Crippen LogP contribution is 2.23. The first-order valence-electron chi connectivity index (χ1n) is 7.45. The maximum Gasteiger partial charge on any atom is 0.277 e. The highest BCUT2D eigenvalue weighted by atomic mass is 32.2. The van der Waals surface area contributed by atoms with Crippen molar-refractivity contribution < 1.29 is 9.21 Å². The summed E-state index contributed by atoms with van der Waals surface area (Å²) in [6.45, 7) is 7.95. The van der Waals surface area contributed by atoms with E-state index in [9.17, 15) is 4.79 Å². The van der Waals surface area contributed by atoms with E-state index in [1.165, 1.54) is 11.8 Å². The molecule has 2 aromatic rings. The van der Waals surface area contributed by atoms with Crippen molar-refractivity contribution in [1.82, 2.24) is 10.2 Å². The number of aromatic nitrogens is 2. The van der Waals surface area contributed by atoms with Crippen LogP contribution in [0, 0.1) is 19.8 Å². The predicted molar refractivity (Wildman–Crippen MR) is 91.3 cm³/mol. The van der Waals surface area contributed by atoms with Gasteiger partial charge < -0.3 is 15.5 Å². The standard InChI is InChI=1S/C16H22N4O2S/c1-9(2)14(17)15-19-20-16(22-15)23-8-13(21)18-12-6-5-10(3)7-11(12)4/h5-7,9,14H,8,17H2,1-4H3,(H,18,21)/t14-/m0/s1. The average molecular weight is 334 g/mol. The number of carbonyl (C=O) groups is 1. The summed E-state index contributed by atoms with van der Waals surface area (Å²) in [6.07, 6.45) is 0. The molecule has 0 radical (unpaired) electrons. The number of anilines is 1. The van der Waals surface area contributed by atoms with Crippen LogP contribution in [-0.2, 0) is 4.79 Å². The van der Waals surface area contributed by atoms with Crippen LogP contribution in [0.4, 0.5) is 5.69 Å². The van der Waals surface area contributed by atoms with E-state index in [1.54, 1.807) is 0 Å². The molecule has 2 rings (SSSR count). The van der Waals surface area contributed by atoms with Crippen molar-refractivity contribution in [2.45, 2.75) is 39.0 Å². The topological polar surface area (TPSA) is 94.0 Å². The normalized spacial score (nSPS) is 12.4. The summed E-state index contributed by atoms with van der Waals surface area (Å²) in [5.41, 5.74) is 8.96. The number of carbonyl (C=O) groups excluding carboxylic acids is 1. The van der Waals surface area contributed by atoms with Crippen molar-refractivity contribution >= 4 is 23.4 Å². The minimum Gasteiger partial charge on any atom is -0.414 e. The number of amides is 1. The number of thioether (sulfide) groups is 1. The maximum absolute atomic E-state index is 12.0. The molecule has 1 aromatic heterocycles. The summed E-state index contributed by atoms with van der Waals surface area (Å²) >= 11 is 1.20. The first-order valence-corrected chi connectivity index (χ1v) is 8.44. The summed E-state index contributed by atoms with van der Waals surface area (Å²) < 4.78 is 5.48. The molecule has 0 aliphatic heterocycles. The van der Waals surface area contributed by atoms with Gasteiger partial charge in [0.25, 0.3) is 5.22 Å². The molecule has 1 aromatic carbocycles. The lowest BCUT2D eigenvalue weighted by Crippen LogP contribution is -2.16. The quantitative estimate of drug-likeness (QED) is 0.789. The lowest BCUT2D eigenvalue weighted by Gasteiger charge is -2.09. The van der Waals surface area contributed by atoms with E-state index in [4.69, 9.17) is 10.2 Å². The highest BCUT2D eigenvalue weighted by molar-refractivity contribution is 7.99. The van der Waals surface area contributed by atoms with Crippen molar-refractivity contribution in [3.05, 3.63) is 35.2 Å². The number of nitrogens with two attached hydrogens (primary N) is 1. The van der Waals surface area contributed by atoms with Gasteiger partial charge in [-0.2, -0.15) is 0 Å². The van der Waals surface area contributed by atoms with Gasteiger partial charge in [0.05, 0.1) is 11.8 Å². The predicted octanol–water partition coefficient (Wildman–Crippen LogP) is 3.07. The molecular formula is C16H22N4O2S. The molecule has 0 aliphatic rings. The van der Waals surface area contributed by atoms with Crippen molar-refractivity contribution in [3.8, 4) is 0 Å². The summed E-state index contributed by atoms with van der Waals surface area (Å²) in [5, 5.41) is 11.1. The minimum absolute atomic E-state index is 0.116. The Kier molecular flexibility index (Phi) is 5.79. The summed E-state index contributed by atoms with van der Waals surface area (Å²) in [4.78, 5) is 12.0. The van der Waals surface area contributed by atoms with Crippen molar-refractivity contribution in [3.63, 3.8) is 0 Å². The Labute approximate surface area is 140 Å². The van der Waals surface area contributed by atoms with E-state index >= 15 is 0 Å². The van der Waals surface area contributed by atoms with Crippen LogP contribution in [0.15, 0.2) is 27.8 Å². The first kappa shape index (κ1) is 17.5. The molecule has 1 atom stereocenters. The van der Waals surface area contributed by atoms with Crippen molar-refractivity contribution in [1.29, 1.82) is 0 Å². The number of benzene rings is 1. The molecule has 0 spiro atoms. The smallest absolute Gasteiger partial charge is 0.277 e. The second-order valence-electron chi connectivity index (χ2n) is 5.83. The van der Waals surface area contributed by atoms with Crippen LogP contribution in [0.3, 0.4) is 0 Å². The SMILES string of the molecule is Cc1ccc(NC(=O)CSc2nnc([C@@H](N)C(C)C)o2)c(C)c1. The van der Waals surface area contributed by atoms with Gasteiger partial charge in [0.2, 0.25) is 11.8 Å². The van der Waals surface area contributed by atoms with Crippen molar-refractivity contribution in [2.24, 2.45) is 11.7 Å². The van der Waals surface area contributed by atoms with E-state index in [2.05, 4.69) is 15.5 Å². The molecule has 0 unspecified atom stereocenters. The largest absolute Gasteiger partial charge is 0.414 e. The van der Waals surface area contributed by atoms with Crippen LogP contribution in [0.1, 0.15) is 36.9 Å². The second kappa shape index (κ2) is 7.61. The van der Waals surface area contributed by atoms with Gasteiger partial charge >= 0.3 is 0 Å². The summed E-state index contributed by atoms with van der Waals surface area (Å²) in [6, 6.07) is 5.61. The molecule has 3 N–H and O–H groups in total. The van der Waals surface area contributed by atoms with Crippen LogP contribution in [-0.4, -0.2) is 21.9 Å². The van der Waals surface area contributed by atoms with Gasteiger partial charge in [0, 0.05) is 5.69 Å². The molecule has 1 heterocycles. The number of hydrogen-bond donors (Lipinski definition) is 2. The van der Waals surface area contributed by atoms with Crippen LogP contribution in [0.2, 0.25) is 0 Å². The number of hydrogen-bond acceptors (Lipinski definition) is 6. The van der Waals surface area contributed by atoms with E-state index in [0.717, 1.165) is 16.8 Å². The summed E-state index contributed by atoms with van der Waals surface area (Å²) in [7, 11) is 0. The first-order chi connectivity index (χ1) is 10.9. The summed E-state index contributed by atoms with van der Waals surface area (Å²) in [5.74, 6) is 0.694. The third-order valence-electron chi connectivity index (χ3n) is 3.41. The molecule has 23 heavy (non-hydrogen) atoms. The van der Waals surface area contributed by atoms with Crippen LogP contribution < -0.4 is 11.1 Å². The molecule has 7 heteroatoms. The molecule has 0 saturated carbocycles. The molecular weight excluding hydrogens is 312 g/mol. The molecule has 0 fully saturated rings. The Morgan fingerprint density at radius 3 is 2.74 bits per heavy atom. The van der Waals surface area contributed by atoms with Crippen molar-refractivity contribution in [2.75, 3.05) is 11.1 Å². The van der Waals surface area contributed by atoms with Gasteiger partial charge in [0.1, 0.15) is 0 Å². The Bertz CT molecular complexity index is 684. The molecule has 0 saturated heterocycles. The lowest BCUT2D eigenvalue weighted by molar-refractivity contribution is -0.113. The molecule has 6 nitrogen and oxygen atoms in total. The van der Waals surface area contributed by atoms with E-state index < -0.39 is 0 Å². The fourth-order valence-electron chi connectivity index (χ4n) is 1.97. The number of nitrogens with one attached hydrogen (secondary N) is 1. The van der Waals surface area contributed by atoms with E-state index in [1.807, 2.05) is 45.9 Å². The Morgan fingerprint density at radius 2 is 2.09 bits per heavy atom. The Hall–Kier alpha value is -1.86. The number of nitrogens with zero attached hydrogens (tertiary/aromatic N) is 2. The number of rotatable bonds is 6. The second-order valence-corrected chi connectivity index (χ2v) is 6.76. The van der Waals surface area contributed by atoms with E-state index in [-0.39, 0.29) is 23.6 Å².